The first-order valence-corrected chi connectivity index (χ1v) is 7.53. The summed E-state index contributed by atoms with van der Waals surface area (Å²) in [5, 5.41) is 2.52. The van der Waals surface area contributed by atoms with Gasteiger partial charge in [-0.05, 0) is 54.8 Å². The molecule has 1 N–H and O–H groups in total. The van der Waals surface area contributed by atoms with Crippen molar-refractivity contribution >= 4 is 5.91 Å². The maximum absolute atomic E-state index is 13.1. The zero-order valence-corrected chi connectivity index (χ0v) is 13.0. The monoisotopic (exact) mass is 335 g/mol. The Hall–Kier alpha value is -2.50. The van der Waals surface area contributed by atoms with Crippen LogP contribution in [0.3, 0.4) is 0 Å². The lowest BCUT2D eigenvalue weighted by atomic mass is 9.95. The maximum atomic E-state index is 13.1. The predicted molar refractivity (Wildman–Crippen MR) is 83.3 cm³/mol. The van der Waals surface area contributed by atoms with E-state index in [1.807, 2.05) is 0 Å². The van der Waals surface area contributed by atoms with Crippen LogP contribution in [0.5, 0.6) is 11.5 Å². The van der Waals surface area contributed by atoms with Crippen molar-refractivity contribution in [2.75, 3.05) is 7.05 Å². The number of rotatable bonds is 4. The van der Waals surface area contributed by atoms with Gasteiger partial charge in [0.15, 0.2) is 0 Å². The number of carbonyl (C=O) groups excluding carboxylic acids is 1. The van der Waals surface area contributed by atoms with Gasteiger partial charge in [0, 0.05) is 12.6 Å². The fraction of sp³-hybridized carbons (Fsp3) is 0.278. The van der Waals surface area contributed by atoms with Crippen molar-refractivity contribution in [1.29, 1.82) is 0 Å². The molecule has 0 aromatic heterocycles. The minimum Gasteiger partial charge on any atom is -0.457 e. The fourth-order valence-electron chi connectivity index (χ4n) is 2.66. The number of benzene rings is 2. The molecule has 6 heteroatoms. The molecule has 1 aliphatic rings. The van der Waals surface area contributed by atoms with E-state index in [0.717, 1.165) is 0 Å². The summed E-state index contributed by atoms with van der Waals surface area (Å²) in [6.45, 7) is 0. The standard InChI is InChI=1S/C18H16F3NO2/c1-22-16(23)12-2-6-14(7-3-12)24-15-8-4-13(5-9-15)17(10-11-17)18(19,20)21/h2-9H,10-11H2,1H3,(H,22,23). The predicted octanol–water partition coefficient (Wildman–Crippen LogP) is 4.43. The summed E-state index contributed by atoms with van der Waals surface area (Å²) in [5.41, 5.74) is -0.904. The zero-order valence-electron chi connectivity index (χ0n) is 13.0. The van der Waals surface area contributed by atoms with E-state index < -0.39 is 11.6 Å². The third-order valence-corrected chi connectivity index (χ3v) is 4.28. The third kappa shape index (κ3) is 2.96. The van der Waals surface area contributed by atoms with Crippen LogP contribution < -0.4 is 10.1 Å². The van der Waals surface area contributed by atoms with Gasteiger partial charge in [-0.25, -0.2) is 0 Å². The van der Waals surface area contributed by atoms with Crippen LogP contribution in [0.2, 0.25) is 0 Å². The average molecular weight is 335 g/mol. The number of ether oxygens (including phenoxy) is 1. The molecule has 0 saturated heterocycles. The molecule has 3 nitrogen and oxygen atoms in total. The molecule has 126 valence electrons. The second kappa shape index (κ2) is 5.85. The summed E-state index contributed by atoms with van der Waals surface area (Å²) in [5.74, 6) is 0.754. The second-order valence-electron chi connectivity index (χ2n) is 5.81. The number of carbonyl (C=O) groups is 1. The van der Waals surface area contributed by atoms with Crippen molar-refractivity contribution < 1.29 is 22.7 Å². The van der Waals surface area contributed by atoms with Crippen LogP contribution in [0.4, 0.5) is 13.2 Å². The third-order valence-electron chi connectivity index (χ3n) is 4.28. The van der Waals surface area contributed by atoms with Gasteiger partial charge >= 0.3 is 6.18 Å². The van der Waals surface area contributed by atoms with Gasteiger partial charge in [0.05, 0.1) is 5.41 Å². The number of amides is 1. The molecule has 0 radical (unpaired) electrons. The van der Waals surface area contributed by atoms with E-state index in [9.17, 15) is 18.0 Å². The Morgan fingerprint density at radius 3 is 1.92 bits per heavy atom. The minimum absolute atomic E-state index is 0.137. The highest BCUT2D eigenvalue weighted by Crippen LogP contribution is 2.58. The molecule has 0 unspecified atom stereocenters. The second-order valence-corrected chi connectivity index (χ2v) is 5.81. The van der Waals surface area contributed by atoms with Gasteiger partial charge in [-0.15, -0.1) is 0 Å². The van der Waals surface area contributed by atoms with Gasteiger partial charge in [-0.1, -0.05) is 12.1 Å². The van der Waals surface area contributed by atoms with Gasteiger partial charge in [0.1, 0.15) is 11.5 Å². The van der Waals surface area contributed by atoms with Gasteiger partial charge in [0.2, 0.25) is 0 Å². The molecule has 1 aliphatic carbocycles. The topological polar surface area (TPSA) is 38.3 Å². The summed E-state index contributed by atoms with van der Waals surface area (Å²) in [4.78, 5) is 11.5. The van der Waals surface area contributed by atoms with E-state index in [1.165, 1.54) is 24.3 Å². The number of halogens is 3. The fourth-order valence-corrected chi connectivity index (χ4v) is 2.66. The Bertz CT molecular complexity index is 732. The Labute approximate surface area is 137 Å². The molecule has 1 amide bonds. The highest BCUT2D eigenvalue weighted by atomic mass is 19.4. The molecule has 3 rings (SSSR count). The molecule has 2 aromatic carbocycles. The van der Waals surface area contributed by atoms with Crippen LogP contribution in [-0.4, -0.2) is 19.1 Å². The van der Waals surface area contributed by atoms with Crippen LogP contribution in [0.25, 0.3) is 0 Å². The van der Waals surface area contributed by atoms with E-state index in [0.29, 0.717) is 17.1 Å². The molecule has 1 fully saturated rings. The molecular formula is C18H16F3NO2. The highest BCUT2D eigenvalue weighted by molar-refractivity contribution is 5.94. The van der Waals surface area contributed by atoms with E-state index in [-0.39, 0.29) is 24.3 Å². The van der Waals surface area contributed by atoms with E-state index in [4.69, 9.17) is 4.74 Å². The lowest BCUT2D eigenvalue weighted by Crippen LogP contribution is -2.28. The minimum atomic E-state index is -4.22. The van der Waals surface area contributed by atoms with Crippen molar-refractivity contribution in [3.63, 3.8) is 0 Å². The van der Waals surface area contributed by atoms with Gasteiger partial charge in [-0.3, -0.25) is 4.79 Å². The molecule has 2 aromatic rings. The molecular weight excluding hydrogens is 319 g/mol. The molecule has 0 aliphatic heterocycles. The smallest absolute Gasteiger partial charge is 0.398 e. The number of nitrogens with one attached hydrogen (secondary N) is 1. The summed E-state index contributed by atoms with van der Waals surface area (Å²) < 4.78 is 44.9. The Balaban J connectivity index is 1.72. The van der Waals surface area contributed by atoms with E-state index >= 15 is 0 Å². The van der Waals surface area contributed by atoms with Crippen LogP contribution in [0, 0.1) is 0 Å². The number of hydrogen-bond donors (Lipinski definition) is 1. The summed E-state index contributed by atoms with van der Waals surface area (Å²) >= 11 is 0. The van der Waals surface area contributed by atoms with Gasteiger partial charge in [-0.2, -0.15) is 13.2 Å². The van der Waals surface area contributed by atoms with Crippen molar-refractivity contribution in [3.8, 4) is 11.5 Å². The molecule has 1 saturated carbocycles. The van der Waals surface area contributed by atoms with Crippen molar-refractivity contribution in [3.05, 3.63) is 59.7 Å². The maximum Gasteiger partial charge on any atom is 0.398 e. The Kier molecular flexibility index (Phi) is 3.99. The zero-order chi connectivity index (χ0) is 17.4. The van der Waals surface area contributed by atoms with Gasteiger partial charge in [0.25, 0.3) is 5.91 Å². The Morgan fingerprint density at radius 1 is 1.00 bits per heavy atom. The van der Waals surface area contributed by atoms with Gasteiger partial charge < -0.3 is 10.1 Å². The number of hydrogen-bond acceptors (Lipinski definition) is 2. The molecule has 0 spiro atoms. The van der Waals surface area contributed by atoms with Crippen LogP contribution in [0.15, 0.2) is 48.5 Å². The number of alkyl halides is 3. The first kappa shape index (κ1) is 16.4. The normalized spacial score (nSPS) is 15.7. The first-order chi connectivity index (χ1) is 11.4. The largest absolute Gasteiger partial charge is 0.457 e. The summed E-state index contributed by atoms with van der Waals surface area (Å²) in [7, 11) is 1.54. The van der Waals surface area contributed by atoms with E-state index in [1.54, 1.807) is 31.3 Å². The molecule has 0 heterocycles. The van der Waals surface area contributed by atoms with Crippen molar-refractivity contribution in [2.45, 2.75) is 24.4 Å². The van der Waals surface area contributed by atoms with Crippen LogP contribution >= 0.6 is 0 Å². The average Bonchev–Trinajstić information content (AvgIpc) is 3.37. The molecule has 0 bridgehead atoms. The summed E-state index contributed by atoms with van der Waals surface area (Å²) in [6.07, 6.45) is -3.94. The Morgan fingerprint density at radius 2 is 1.50 bits per heavy atom. The lowest BCUT2D eigenvalue weighted by molar-refractivity contribution is -0.160. The summed E-state index contributed by atoms with van der Waals surface area (Å²) in [6, 6.07) is 12.5. The van der Waals surface area contributed by atoms with Crippen molar-refractivity contribution in [1.82, 2.24) is 5.32 Å². The first-order valence-electron chi connectivity index (χ1n) is 7.53. The lowest BCUT2D eigenvalue weighted by Gasteiger charge is -2.19. The molecule has 24 heavy (non-hydrogen) atoms. The highest BCUT2D eigenvalue weighted by Gasteiger charge is 2.64. The molecule has 0 atom stereocenters. The van der Waals surface area contributed by atoms with E-state index in [2.05, 4.69) is 5.32 Å². The quantitative estimate of drug-likeness (QED) is 0.897. The SMILES string of the molecule is CNC(=O)c1ccc(Oc2ccc(C3(C(F)(F)F)CC3)cc2)cc1. The van der Waals surface area contributed by atoms with Crippen LogP contribution in [-0.2, 0) is 5.41 Å². The van der Waals surface area contributed by atoms with Crippen LogP contribution in [0.1, 0.15) is 28.8 Å². The van der Waals surface area contributed by atoms with Crippen molar-refractivity contribution in [2.24, 2.45) is 0 Å².